The zero-order valence-electron chi connectivity index (χ0n) is 16.7. The van der Waals surface area contributed by atoms with Crippen LogP contribution in [0.1, 0.15) is 17.0 Å². The van der Waals surface area contributed by atoms with Crippen molar-refractivity contribution in [1.29, 1.82) is 0 Å². The van der Waals surface area contributed by atoms with Crippen LogP contribution in [0.3, 0.4) is 0 Å². The highest BCUT2D eigenvalue weighted by Gasteiger charge is 2.09. The first-order valence-corrected chi connectivity index (χ1v) is 9.24. The van der Waals surface area contributed by atoms with Gasteiger partial charge in [-0.3, -0.25) is 9.48 Å². The monoisotopic (exact) mass is 389 g/mol. The van der Waals surface area contributed by atoms with Gasteiger partial charge in [0.15, 0.2) is 6.61 Å². The van der Waals surface area contributed by atoms with Crippen LogP contribution in [0.4, 0.5) is 5.69 Å². The predicted octanol–water partition coefficient (Wildman–Crippen LogP) is 3.90. The minimum absolute atomic E-state index is 0.353. The van der Waals surface area contributed by atoms with E-state index in [0.717, 1.165) is 28.1 Å². The van der Waals surface area contributed by atoms with Gasteiger partial charge in [-0.25, -0.2) is 4.79 Å². The minimum atomic E-state index is -0.581. The first kappa shape index (κ1) is 20.1. The number of hydrogen-bond donors (Lipinski definition) is 1. The molecule has 0 saturated carbocycles. The molecule has 3 aromatic rings. The molecule has 0 atom stereocenters. The summed E-state index contributed by atoms with van der Waals surface area (Å²) in [5.74, 6) is -0.977. The van der Waals surface area contributed by atoms with E-state index in [2.05, 4.69) is 10.4 Å². The van der Waals surface area contributed by atoms with Crippen LogP contribution in [-0.4, -0.2) is 28.3 Å². The van der Waals surface area contributed by atoms with Crippen LogP contribution in [0.15, 0.2) is 60.7 Å². The van der Waals surface area contributed by atoms with Crippen LogP contribution in [0.2, 0.25) is 0 Å². The van der Waals surface area contributed by atoms with E-state index in [4.69, 9.17) is 4.74 Å². The van der Waals surface area contributed by atoms with E-state index in [1.807, 2.05) is 75.5 Å². The number of amides is 1. The highest BCUT2D eigenvalue weighted by Crippen LogP contribution is 2.21. The molecule has 1 aromatic heterocycles. The fourth-order valence-electron chi connectivity index (χ4n) is 2.94. The summed E-state index contributed by atoms with van der Waals surface area (Å²) in [5.41, 5.74) is 5.44. The topological polar surface area (TPSA) is 73.2 Å². The third kappa shape index (κ3) is 5.19. The lowest BCUT2D eigenvalue weighted by atomic mass is 10.1. The summed E-state index contributed by atoms with van der Waals surface area (Å²) in [7, 11) is 1.84. The second kappa shape index (κ2) is 9.01. The van der Waals surface area contributed by atoms with Gasteiger partial charge in [0.25, 0.3) is 5.91 Å². The van der Waals surface area contributed by atoms with Crippen LogP contribution < -0.4 is 5.32 Å². The number of benzene rings is 2. The molecule has 6 nitrogen and oxygen atoms in total. The number of nitrogens with one attached hydrogen (secondary N) is 1. The Balaban J connectivity index is 1.50. The Morgan fingerprint density at radius 2 is 1.69 bits per heavy atom. The Bertz CT molecular complexity index is 1040. The Hall–Kier alpha value is -3.67. The first-order valence-electron chi connectivity index (χ1n) is 9.24. The standard InChI is InChI=1S/C23H23N3O3/c1-16-21(17(2)26(3)25-16)13-14-23(28)29-15-22(27)24-20-11-9-19(10-12-20)18-7-5-4-6-8-18/h4-14H,15H2,1-3H3,(H,24,27)/b14-13+. The smallest absolute Gasteiger partial charge is 0.331 e. The van der Waals surface area contributed by atoms with E-state index >= 15 is 0 Å². The molecule has 0 spiro atoms. The van der Waals surface area contributed by atoms with E-state index in [1.54, 1.807) is 10.8 Å². The van der Waals surface area contributed by atoms with Crippen molar-refractivity contribution in [2.24, 2.45) is 7.05 Å². The molecule has 3 rings (SSSR count). The summed E-state index contributed by atoms with van der Waals surface area (Å²) in [6.07, 6.45) is 2.96. The normalized spacial score (nSPS) is 10.9. The second-order valence-electron chi connectivity index (χ2n) is 6.64. The summed E-state index contributed by atoms with van der Waals surface area (Å²) in [6, 6.07) is 17.5. The largest absolute Gasteiger partial charge is 0.452 e. The maximum atomic E-state index is 12.0. The number of nitrogens with zero attached hydrogens (tertiary/aromatic N) is 2. The number of anilines is 1. The van der Waals surface area contributed by atoms with E-state index in [1.165, 1.54) is 6.08 Å². The molecule has 0 fully saturated rings. The highest BCUT2D eigenvalue weighted by atomic mass is 16.5. The third-order valence-electron chi connectivity index (χ3n) is 4.57. The van der Waals surface area contributed by atoms with Crippen molar-refractivity contribution in [2.75, 3.05) is 11.9 Å². The number of carbonyl (C=O) groups excluding carboxylic acids is 2. The van der Waals surface area contributed by atoms with E-state index in [-0.39, 0.29) is 6.61 Å². The molecule has 0 aliphatic heterocycles. The maximum Gasteiger partial charge on any atom is 0.331 e. The summed E-state index contributed by atoms with van der Waals surface area (Å²) < 4.78 is 6.76. The van der Waals surface area contributed by atoms with Gasteiger partial charge >= 0.3 is 5.97 Å². The van der Waals surface area contributed by atoms with Crippen molar-refractivity contribution in [3.8, 4) is 11.1 Å². The summed E-state index contributed by atoms with van der Waals surface area (Å²) in [4.78, 5) is 23.9. The van der Waals surface area contributed by atoms with Gasteiger partial charge in [0.2, 0.25) is 0 Å². The van der Waals surface area contributed by atoms with Crippen molar-refractivity contribution in [3.63, 3.8) is 0 Å². The van der Waals surface area contributed by atoms with Gasteiger partial charge in [-0.2, -0.15) is 5.10 Å². The number of carbonyl (C=O) groups is 2. The Morgan fingerprint density at radius 1 is 1.03 bits per heavy atom. The average Bonchev–Trinajstić information content (AvgIpc) is 2.97. The molecule has 0 saturated heterocycles. The van der Waals surface area contributed by atoms with Gasteiger partial charge in [0.1, 0.15) is 0 Å². The maximum absolute atomic E-state index is 12.0. The number of ether oxygens (including phenoxy) is 1. The molecule has 0 radical (unpaired) electrons. The zero-order chi connectivity index (χ0) is 20.8. The van der Waals surface area contributed by atoms with Crippen molar-refractivity contribution >= 4 is 23.6 Å². The fraction of sp³-hybridized carbons (Fsp3) is 0.174. The molecule has 2 aromatic carbocycles. The van der Waals surface area contributed by atoms with E-state index in [9.17, 15) is 9.59 Å². The molecule has 29 heavy (non-hydrogen) atoms. The Labute approximate surface area is 169 Å². The molecule has 6 heteroatoms. The van der Waals surface area contributed by atoms with E-state index < -0.39 is 11.9 Å². The molecule has 0 aliphatic carbocycles. The lowest BCUT2D eigenvalue weighted by Crippen LogP contribution is -2.20. The predicted molar refractivity (Wildman–Crippen MR) is 113 cm³/mol. The molecule has 148 valence electrons. The van der Waals surface area contributed by atoms with Gasteiger partial charge < -0.3 is 10.1 Å². The second-order valence-corrected chi connectivity index (χ2v) is 6.64. The van der Waals surface area contributed by atoms with Gasteiger partial charge in [-0.15, -0.1) is 0 Å². The van der Waals surface area contributed by atoms with Crippen molar-refractivity contribution in [2.45, 2.75) is 13.8 Å². The molecule has 1 heterocycles. The molecule has 0 aliphatic rings. The average molecular weight is 389 g/mol. The zero-order valence-corrected chi connectivity index (χ0v) is 16.7. The third-order valence-corrected chi connectivity index (χ3v) is 4.57. The molecule has 0 unspecified atom stereocenters. The summed E-state index contributed by atoms with van der Waals surface area (Å²) in [5, 5.41) is 7.00. The lowest BCUT2D eigenvalue weighted by molar-refractivity contribution is -0.142. The van der Waals surface area contributed by atoms with Gasteiger partial charge in [0.05, 0.1) is 5.69 Å². The van der Waals surface area contributed by atoms with Crippen molar-refractivity contribution in [1.82, 2.24) is 9.78 Å². The quantitative estimate of drug-likeness (QED) is 0.513. The molecule has 1 amide bonds. The Morgan fingerprint density at radius 3 is 2.31 bits per heavy atom. The first-order chi connectivity index (χ1) is 13.9. The van der Waals surface area contributed by atoms with Gasteiger partial charge in [-0.05, 0) is 43.2 Å². The lowest BCUT2D eigenvalue weighted by Gasteiger charge is -2.07. The number of aryl methyl sites for hydroxylation is 2. The fourth-order valence-corrected chi connectivity index (χ4v) is 2.94. The van der Waals surface area contributed by atoms with Crippen LogP contribution in [0.25, 0.3) is 17.2 Å². The number of rotatable bonds is 6. The Kier molecular flexibility index (Phi) is 6.24. The number of esters is 1. The van der Waals surface area contributed by atoms with Crippen LogP contribution in [0.5, 0.6) is 0 Å². The molecular weight excluding hydrogens is 366 g/mol. The van der Waals surface area contributed by atoms with E-state index in [0.29, 0.717) is 5.69 Å². The van der Waals surface area contributed by atoms with Crippen molar-refractivity contribution < 1.29 is 14.3 Å². The molecule has 0 bridgehead atoms. The summed E-state index contributed by atoms with van der Waals surface area (Å²) >= 11 is 0. The summed E-state index contributed by atoms with van der Waals surface area (Å²) in [6.45, 7) is 3.44. The highest BCUT2D eigenvalue weighted by molar-refractivity contribution is 5.94. The molecular formula is C23H23N3O3. The minimum Gasteiger partial charge on any atom is -0.452 e. The SMILES string of the molecule is Cc1nn(C)c(C)c1/C=C/C(=O)OCC(=O)Nc1ccc(-c2ccccc2)cc1. The van der Waals surface area contributed by atoms with Crippen molar-refractivity contribution in [3.05, 3.63) is 77.6 Å². The van der Waals surface area contributed by atoms with Gasteiger partial charge in [-0.1, -0.05) is 42.5 Å². The van der Waals surface area contributed by atoms with Gasteiger partial charge in [0, 0.05) is 30.1 Å². The number of hydrogen-bond acceptors (Lipinski definition) is 4. The van der Waals surface area contributed by atoms with Crippen LogP contribution in [-0.2, 0) is 21.4 Å². The van der Waals surface area contributed by atoms with Crippen LogP contribution >= 0.6 is 0 Å². The van der Waals surface area contributed by atoms with Crippen LogP contribution in [0, 0.1) is 13.8 Å². The molecule has 1 N–H and O–H groups in total. The number of aromatic nitrogens is 2.